The summed E-state index contributed by atoms with van der Waals surface area (Å²) in [5.74, 6) is -0.272. The molecular weight excluding hydrogens is 354 g/mol. The molecule has 0 radical (unpaired) electrons. The van der Waals surface area contributed by atoms with Crippen LogP contribution in [0.1, 0.15) is 33.3 Å². The molecule has 1 atom stereocenters. The molecule has 2 N–H and O–H groups in total. The Kier molecular flexibility index (Phi) is 8.87. The summed E-state index contributed by atoms with van der Waals surface area (Å²) >= 11 is 0. The fraction of sp³-hybridized carbons (Fsp3) is 0.579. The lowest BCUT2D eigenvalue weighted by atomic mass is 10.0. The van der Waals surface area contributed by atoms with Crippen LogP contribution in [0.2, 0.25) is 0 Å². The Morgan fingerprint density at radius 1 is 1.22 bits per heavy atom. The number of para-hydroxylation sites is 1. The Bertz CT molecular complexity index is 625. The molecule has 0 aromatic heterocycles. The van der Waals surface area contributed by atoms with Crippen molar-refractivity contribution >= 4 is 12.1 Å². The summed E-state index contributed by atoms with van der Waals surface area (Å²) in [5.41, 5.74) is -0.134. The van der Waals surface area contributed by atoms with Gasteiger partial charge in [-0.25, -0.2) is 9.59 Å². The molecule has 0 spiro atoms. The van der Waals surface area contributed by atoms with Crippen molar-refractivity contribution in [1.82, 2.24) is 5.32 Å². The molecule has 27 heavy (non-hydrogen) atoms. The van der Waals surface area contributed by atoms with Gasteiger partial charge in [0.1, 0.15) is 18.2 Å². The number of hydrogen-bond acceptors (Lipinski definition) is 6. The number of nitrogens with one attached hydrogen (secondary N) is 1. The molecule has 1 amide bonds. The zero-order chi connectivity index (χ0) is 20.4. The van der Waals surface area contributed by atoms with Crippen LogP contribution in [0.5, 0.6) is 11.5 Å². The first-order chi connectivity index (χ1) is 12.7. The second-order valence-corrected chi connectivity index (χ2v) is 6.74. The maximum atomic E-state index is 11.9. The van der Waals surface area contributed by atoms with Crippen molar-refractivity contribution in [2.75, 3.05) is 26.9 Å². The molecule has 0 heterocycles. The van der Waals surface area contributed by atoms with Crippen LogP contribution in [-0.2, 0) is 20.7 Å². The van der Waals surface area contributed by atoms with Crippen LogP contribution < -0.4 is 14.8 Å². The fourth-order valence-corrected chi connectivity index (χ4v) is 2.26. The first-order valence-corrected chi connectivity index (χ1v) is 8.76. The minimum absolute atomic E-state index is 0.00967. The highest BCUT2D eigenvalue weighted by Crippen LogP contribution is 2.32. The lowest BCUT2D eigenvalue weighted by molar-refractivity contribution is -0.139. The summed E-state index contributed by atoms with van der Waals surface area (Å²) < 4.78 is 21.4. The van der Waals surface area contributed by atoms with E-state index >= 15 is 0 Å². The largest absolute Gasteiger partial charge is 0.493 e. The van der Waals surface area contributed by atoms with E-state index in [1.165, 1.54) is 7.11 Å². The molecule has 0 bridgehead atoms. The summed E-state index contributed by atoms with van der Waals surface area (Å²) in [4.78, 5) is 23.6. The quantitative estimate of drug-likeness (QED) is 0.599. The third kappa shape index (κ3) is 8.17. The van der Waals surface area contributed by atoms with Gasteiger partial charge in [0, 0.05) is 18.6 Å². The summed E-state index contributed by atoms with van der Waals surface area (Å²) in [6.07, 6.45) is -0.785. The number of alkyl carbamates (subject to hydrolysis) is 1. The summed E-state index contributed by atoms with van der Waals surface area (Å²) in [7, 11) is 1.50. The molecule has 0 fully saturated rings. The van der Waals surface area contributed by atoms with E-state index in [1.54, 1.807) is 39.0 Å². The number of carboxylic acids is 1. The first-order valence-electron chi connectivity index (χ1n) is 8.76. The second-order valence-electron chi connectivity index (χ2n) is 6.74. The van der Waals surface area contributed by atoms with Gasteiger partial charge in [0.15, 0.2) is 11.5 Å². The monoisotopic (exact) mass is 383 g/mol. The molecule has 1 aromatic carbocycles. The zero-order valence-electron chi connectivity index (χ0n) is 16.5. The SMILES string of the molecule is CCOCCOc1c(CC(NC(=O)OC(C)(C)C)C(=O)O)cccc1OC. The number of hydrogen-bond donors (Lipinski definition) is 2. The number of carboxylic acid groups (broad SMARTS) is 1. The second kappa shape index (κ2) is 10.6. The summed E-state index contributed by atoms with van der Waals surface area (Å²) in [6, 6.07) is 4.00. The van der Waals surface area contributed by atoms with Crippen molar-refractivity contribution in [3.8, 4) is 11.5 Å². The number of benzene rings is 1. The van der Waals surface area contributed by atoms with Crippen molar-refractivity contribution in [3.63, 3.8) is 0 Å². The molecule has 8 heteroatoms. The molecular formula is C19H29NO7. The number of carbonyl (C=O) groups is 2. The Balaban J connectivity index is 2.94. The zero-order valence-corrected chi connectivity index (χ0v) is 16.5. The highest BCUT2D eigenvalue weighted by Gasteiger charge is 2.26. The van der Waals surface area contributed by atoms with Gasteiger partial charge in [0.05, 0.1) is 13.7 Å². The summed E-state index contributed by atoms with van der Waals surface area (Å²) in [6.45, 7) is 8.25. The number of rotatable bonds is 10. The minimum atomic E-state index is -1.18. The molecule has 1 aromatic rings. The van der Waals surface area contributed by atoms with Crippen LogP contribution >= 0.6 is 0 Å². The van der Waals surface area contributed by atoms with E-state index in [9.17, 15) is 14.7 Å². The highest BCUT2D eigenvalue weighted by molar-refractivity contribution is 5.80. The maximum Gasteiger partial charge on any atom is 0.408 e. The van der Waals surface area contributed by atoms with Crippen molar-refractivity contribution in [2.45, 2.75) is 45.8 Å². The van der Waals surface area contributed by atoms with E-state index in [-0.39, 0.29) is 6.42 Å². The van der Waals surface area contributed by atoms with E-state index in [2.05, 4.69) is 5.32 Å². The molecule has 0 aliphatic rings. The number of aliphatic carboxylic acids is 1. The lowest BCUT2D eigenvalue weighted by Gasteiger charge is -2.22. The third-order valence-electron chi connectivity index (χ3n) is 3.37. The van der Waals surface area contributed by atoms with Gasteiger partial charge in [-0.05, 0) is 33.8 Å². The first kappa shape index (κ1) is 22.6. The van der Waals surface area contributed by atoms with Crippen LogP contribution in [0.25, 0.3) is 0 Å². The van der Waals surface area contributed by atoms with Crippen molar-refractivity contribution in [1.29, 1.82) is 0 Å². The maximum absolute atomic E-state index is 11.9. The van der Waals surface area contributed by atoms with Crippen molar-refractivity contribution in [2.24, 2.45) is 0 Å². The van der Waals surface area contributed by atoms with Gasteiger partial charge in [-0.15, -0.1) is 0 Å². The number of carbonyl (C=O) groups excluding carboxylic acids is 1. The standard InChI is InChI=1S/C19H29NO7/c1-6-25-10-11-26-16-13(8-7-9-15(16)24-5)12-14(17(21)22)20-18(23)27-19(2,3)4/h7-9,14H,6,10-12H2,1-5H3,(H,20,23)(H,21,22). The van der Waals surface area contributed by atoms with Crippen LogP contribution in [0.4, 0.5) is 4.79 Å². The summed E-state index contributed by atoms with van der Waals surface area (Å²) in [5, 5.41) is 11.9. The lowest BCUT2D eigenvalue weighted by Crippen LogP contribution is -2.44. The fourth-order valence-electron chi connectivity index (χ4n) is 2.26. The molecule has 1 rings (SSSR count). The molecule has 0 aliphatic heterocycles. The third-order valence-corrected chi connectivity index (χ3v) is 3.37. The number of ether oxygens (including phenoxy) is 4. The van der Waals surface area contributed by atoms with Gasteiger partial charge in [0.25, 0.3) is 0 Å². The molecule has 1 unspecified atom stereocenters. The van der Waals surface area contributed by atoms with Gasteiger partial charge in [-0.2, -0.15) is 0 Å². The van der Waals surface area contributed by atoms with E-state index < -0.39 is 23.7 Å². The Morgan fingerprint density at radius 3 is 2.48 bits per heavy atom. The number of methoxy groups -OCH3 is 1. The molecule has 152 valence electrons. The van der Waals surface area contributed by atoms with Gasteiger partial charge >= 0.3 is 12.1 Å². The average molecular weight is 383 g/mol. The Labute approximate surface area is 159 Å². The van der Waals surface area contributed by atoms with Crippen molar-refractivity contribution < 1.29 is 33.6 Å². The molecule has 0 saturated heterocycles. The van der Waals surface area contributed by atoms with E-state index in [0.717, 1.165) is 0 Å². The van der Waals surface area contributed by atoms with Gasteiger partial charge in [-0.3, -0.25) is 0 Å². The van der Waals surface area contributed by atoms with Crippen LogP contribution in [0.3, 0.4) is 0 Å². The van der Waals surface area contributed by atoms with Gasteiger partial charge in [0.2, 0.25) is 0 Å². The van der Waals surface area contributed by atoms with E-state index in [1.807, 2.05) is 6.92 Å². The van der Waals surface area contributed by atoms with Crippen LogP contribution in [-0.4, -0.2) is 55.7 Å². The Morgan fingerprint density at radius 2 is 1.93 bits per heavy atom. The molecule has 8 nitrogen and oxygen atoms in total. The predicted octanol–water partition coefficient (Wildman–Crippen LogP) is 2.63. The smallest absolute Gasteiger partial charge is 0.408 e. The van der Waals surface area contributed by atoms with Crippen LogP contribution in [0.15, 0.2) is 18.2 Å². The Hall–Kier alpha value is -2.48. The topological polar surface area (TPSA) is 103 Å². The normalized spacial score (nSPS) is 12.2. The highest BCUT2D eigenvalue weighted by atomic mass is 16.6. The van der Waals surface area contributed by atoms with Gasteiger partial charge in [-0.1, -0.05) is 12.1 Å². The minimum Gasteiger partial charge on any atom is -0.493 e. The van der Waals surface area contributed by atoms with Crippen molar-refractivity contribution in [3.05, 3.63) is 23.8 Å². The van der Waals surface area contributed by atoms with E-state index in [4.69, 9.17) is 18.9 Å². The van der Waals surface area contributed by atoms with Gasteiger partial charge < -0.3 is 29.4 Å². The average Bonchev–Trinajstić information content (AvgIpc) is 2.57. The molecule has 0 saturated carbocycles. The molecule has 0 aliphatic carbocycles. The number of amides is 1. The predicted molar refractivity (Wildman–Crippen MR) is 99.5 cm³/mol. The van der Waals surface area contributed by atoms with Crippen LogP contribution in [0, 0.1) is 0 Å². The van der Waals surface area contributed by atoms with E-state index in [0.29, 0.717) is 36.9 Å².